The summed E-state index contributed by atoms with van der Waals surface area (Å²) in [4.78, 5) is 28.5. The number of carbonyl (C=O) groups is 1. The number of carbonyl (C=O) groups excluding carboxylic acids is 1. The zero-order valence-corrected chi connectivity index (χ0v) is 22.9. The lowest BCUT2D eigenvalue weighted by Crippen LogP contribution is -2.36. The number of nitrogens with zero attached hydrogens (tertiary/aromatic N) is 2. The van der Waals surface area contributed by atoms with E-state index in [0.717, 1.165) is 12.8 Å². The molecule has 1 fully saturated rings. The van der Waals surface area contributed by atoms with Crippen LogP contribution in [0.1, 0.15) is 45.4 Å². The highest BCUT2D eigenvalue weighted by molar-refractivity contribution is 8.00. The summed E-state index contributed by atoms with van der Waals surface area (Å²) in [5.74, 6) is 0.0746. The fraction of sp³-hybridized carbons (Fsp3) is 0.542. The second-order valence-electron chi connectivity index (χ2n) is 8.84. The van der Waals surface area contributed by atoms with Crippen LogP contribution in [0.4, 0.5) is 5.82 Å². The van der Waals surface area contributed by atoms with Crippen LogP contribution in [0.2, 0.25) is 0 Å². The van der Waals surface area contributed by atoms with Crippen molar-refractivity contribution in [1.29, 1.82) is 0 Å². The van der Waals surface area contributed by atoms with Gasteiger partial charge in [0, 0.05) is 12.6 Å². The minimum atomic E-state index is -4.07. The Kier molecular flexibility index (Phi) is 10.6. The van der Waals surface area contributed by atoms with Crippen LogP contribution in [0.5, 0.6) is 5.75 Å². The van der Waals surface area contributed by atoms with E-state index in [2.05, 4.69) is 10.1 Å². The van der Waals surface area contributed by atoms with E-state index >= 15 is 0 Å². The first kappa shape index (κ1) is 29.2. The van der Waals surface area contributed by atoms with Crippen molar-refractivity contribution >= 4 is 31.3 Å². The maximum atomic E-state index is 13.7. The minimum Gasteiger partial charge on any atom is -0.464 e. The van der Waals surface area contributed by atoms with Crippen LogP contribution in [-0.2, 0) is 18.6 Å². The monoisotopic (exact) mass is 554 g/mol. The third kappa shape index (κ3) is 8.31. The summed E-state index contributed by atoms with van der Waals surface area (Å²) < 4.78 is 31.9. The Balaban J connectivity index is 1.68. The number of esters is 1. The van der Waals surface area contributed by atoms with Crippen LogP contribution in [-0.4, -0.2) is 51.2 Å². The van der Waals surface area contributed by atoms with Gasteiger partial charge in [-0.25, -0.2) is 9.36 Å². The molecule has 3 rings (SSSR count). The summed E-state index contributed by atoms with van der Waals surface area (Å²) in [5.41, 5.74) is 5.04. The van der Waals surface area contributed by atoms with Gasteiger partial charge in [0.2, 0.25) is 0 Å². The number of ether oxygens (including phenoxy) is 1. The molecular weight excluding hydrogens is 519 g/mol. The van der Waals surface area contributed by atoms with Crippen molar-refractivity contribution in [3.8, 4) is 5.75 Å². The van der Waals surface area contributed by atoms with E-state index in [-0.39, 0.29) is 37.1 Å². The molecule has 4 N–H and O–H groups in total. The van der Waals surface area contributed by atoms with Crippen molar-refractivity contribution in [3.05, 3.63) is 53.1 Å². The maximum Gasteiger partial charge on any atom is 0.459 e. The molecule has 2 aromatic rings. The zero-order valence-electron chi connectivity index (χ0n) is 21.2. The molecule has 11 nitrogen and oxygen atoms in total. The van der Waals surface area contributed by atoms with Gasteiger partial charge < -0.3 is 20.1 Å². The highest BCUT2D eigenvalue weighted by atomic mass is 32.2. The lowest BCUT2D eigenvalue weighted by atomic mass is 10.1. The van der Waals surface area contributed by atoms with Gasteiger partial charge in [-0.05, 0) is 31.0 Å². The summed E-state index contributed by atoms with van der Waals surface area (Å²) in [5, 5.41) is 12.4. The molecule has 5 atom stereocenters. The van der Waals surface area contributed by atoms with Crippen LogP contribution in [0.25, 0.3) is 0 Å². The Bertz CT molecular complexity index is 1130. The van der Waals surface area contributed by atoms with Crippen LogP contribution < -0.4 is 21.0 Å². The largest absolute Gasteiger partial charge is 0.464 e. The van der Waals surface area contributed by atoms with Crippen LogP contribution in [0, 0.1) is 5.92 Å². The third-order valence-electron chi connectivity index (χ3n) is 6.06. The van der Waals surface area contributed by atoms with Gasteiger partial charge >= 0.3 is 19.4 Å². The number of aliphatic hydroxyl groups is 1. The van der Waals surface area contributed by atoms with Gasteiger partial charge in [-0.1, -0.05) is 44.9 Å². The summed E-state index contributed by atoms with van der Waals surface area (Å²) >= 11 is 1.29. The van der Waals surface area contributed by atoms with E-state index in [0.29, 0.717) is 0 Å². The Labute approximate surface area is 220 Å². The molecule has 0 bridgehead atoms. The summed E-state index contributed by atoms with van der Waals surface area (Å²) in [6.45, 7) is 5.69. The van der Waals surface area contributed by atoms with Gasteiger partial charge in [-0.3, -0.25) is 13.9 Å². The molecule has 2 unspecified atom stereocenters. The highest BCUT2D eigenvalue weighted by Gasteiger charge is 2.39. The normalized spacial score (nSPS) is 21.9. The number of nitrogen functional groups attached to an aromatic ring is 1. The molecule has 0 amide bonds. The number of benzene rings is 1. The summed E-state index contributed by atoms with van der Waals surface area (Å²) in [6.07, 6.45) is 2.71. The summed E-state index contributed by atoms with van der Waals surface area (Å²) in [6, 6.07) is 8.97. The first-order chi connectivity index (χ1) is 17.6. The SMILES string of the molecule is CCC(CC)COC(=O)[C@H](C)NP(=O)(OCC1S[C@@H](n2ccc(N)nc2=O)C[C@H]1O)Oc1ccccc1. The van der Waals surface area contributed by atoms with Gasteiger partial charge in [0.05, 0.1) is 29.9 Å². The van der Waals surface area contributed by atoms with Gasteiger partial charge in [-0.15, -0.1) is 11.8 Å². The molecule has 1 saturated heterocycles. The Morgan fingerprint density at radius 2 is 2.00 bits per heavy atom. The fourth-order valence-electron chi connectivity index (χ4n) is 3.70. The van der Waals surface area contributed by atoms with E-state index < -0.39 is 42.2 Å². The standard InChI is InChI=1S/C24H35N4O7PS/c1-4-17(5-2)14-33-23(30)16(3)27-36(32,35-18-9-7-6-8-10-18)34-15-20-19(29)13-22(37-20)28-12-11-21(25)26-24(28)31/h6-12,16-17,19-20,22,29H,4-5,13-15H2,1-3H3,(H,27,32)(H2,25,26,31)/t16-,19+,20?,22+,36?/m0/s1. The molecule has 204 valence electrons. The molecule has 0 aliphatic carbocycles. The van der Waals surface area contributed by atoms with Gasteiger partial charge in [0.1, 0.15) is 17.6 Å². The molecule has 1 aromatic carbocycles. The van der Waals surface area contributed by atoms with E-state index in [9.17, 15) is 19.3 Å². The number of aliphatic hydroxyl groups excluding tert-OH is 1. The quantitative estimate of drug-likeness (QED) is 0.247. The molecule has 1 aromatic heterocycles. The van der Waals surface area contributed by atoms with E-state index in [4.69, 9.17) is 19.5 Å². The van der Waals surface area contributed by atoms with Crippen molar-refractivity contribution in [2.45, 2.75) is 62.8 Å². The molecule has 1 aliphatic heterocycles. The number of hydrogen-bond donors (Lipinski definition) is 3. The fourth-order valence-corrected chi connectivity index (χ4v) is 6.76. The minimum absolute atomic E-state index is 0.113. The van der Waals surface area contributed by atoms with Gasteiger partial charge in [-0.2, -0.15) is 10.1 Å². The number of anilines is 1. The topological polar surface area (TPSA) is 155 Å². The smallest absolute Gasteiger partial charge is 0.459 e. The van der Waals surface area contributed by atoms with Crippen molar-refractivity contribution < 1.29 is 28.3 Å². The van der Waals surface area contributed by atoms with Crippen molar-refractivity contribution in [2.24, 2.45) is 5.92 Å². The van der Waals surface area contributed by atoms with E-state index in [1.54, 1.807) is 30.3 Å². The predicted octanol–water partition coefficient (Wildman–Crippen LogP) is 3.35. The number of thioether (sulfide) groups is 1. The van der Waals surface area contributed by atoms with Crippen molar-refractivity contribution in [2.75, 3.05) is 18.9 Å². The second kappa shape index (κ2) is 13.4. The second-order valence-corrected chi connectivity index (χ2v) is 12.0. The molecule has 0 radical (unpaired) electrons. The number of hydrogen-bond acceptors (Lipinski definition) is 10. The maximum absolute atomic E-state index is 13.7. The number of nitrogens with two attached hydrogens (primary N) is 1. The van der Waals surface area contributed by atoms with Gasteiger partial charge in [0.25, 0.3) is 0 Å². The van der Waals surface area contributed by atoms with Crippen LogP contribution in [0.3, 0.4) is 0 Å². The average molecular weight is 555 g/mol. The van der Waals surface area contributed by atoms with E-state index in [1.165, 1.54) is 35.5 Å². The zero-order chi connectivity index (χ0) is 27.0. The summed E-state index contributed by atoms with van der Waals surface area (Å²) in [7, 11) is -4.07. The highest BCUT2D eigenvalue weighted by Crippen LogP contribution is 2.48. The molecular formula is C24H35N4O7PS. The Morgan fingerprint density at radius 1 is 1.30 bits per heavy atom. The van der Waals surface area contributed by atoms with Crippen molar-refractivity contribution in [1.82, 2.24) is 14.6 Å². The van der Waals surface area contributed by atoms with Gasteiger partial charge in [0.15, 0.2) is 0 Å². The first-order valence-electron chi connectivity index (χ1n) is 12.3. The molecule has 0 spiro atoms. The first-order valence-corrected chi connectivity index (χ1v) is 14.7. The molecule has 0 saturated carbocycles. The Hall–Kier alpha value is -2.37. The van der Waals surface area contributed by atoms with Crippen LogP contribution in [0.15, 0.2) is 47.4 Å². The number of rotatable bonds is 13. The molecule has 13 heteroatoms. The number of para-hydroxylation sites is 1. The third-order valence-corrected chi connectivity index (χ3v) is 9.24. The number of nitrogens with one attached hydrogen (secondary N) is 1. The molecule has 2 heterocycles. The lowest BCUT2D eigenvalue weighted by Gasteiger charge is -2.25. The van der Waals surface area contributed by atoms with E-state index in [1.807, 2.05) is 13.8 Å². The van der Waals surface area contributed by atoms with Crippen LogP contribution >= 0.6 is 19.5 Å². The molecule has 1 aliphatic rings. The number of aromatic nitrogens is 2. The Morgan fingerprint density at radius 3 is 2.65 bits per heavy atom. The lowest BCUT2D eigenvalue weighted by molar-refractivity contribution is -0.146. The average Bonchev–Trinajstić information content (AvgIpc) is 3.23. The van der Waals surface area contributed by atoms with Crippen molar-refractivity contribution in [3.63, 3.8) is 0 Å². The molecule has 37 heavy (non-hydrogen) atoms. The predicted molar refractivity (Wildman–Crippen MR) is 142 cm³/mol.